The largest absolute Gasteiger partial charge is 0.384 e. The van der Waals surface area contributed by atoms with Crippen LogP contribution in [0.15, 0.2) is 73.1 Å². The van der Waals surface area contributed by atoms with Gasteiger partial charge in [0.2, 0.25) is 5.91 Å². The normalized spacial score (nSPS) is 24.5. The third-order valence-corrected chi connectivity index (χ3v) is 9.22. The molecule has 2 aliphatic heterocycles. The molecule has 3 N–H and O–H groups in total. The molecule has 3 aliphatic rings. The van der Waals surface area contributed by atoms with Gasteiger partial charge in [0.05, 0.1) is 23.3 Å². The second-order valence-corrected chi connectivity index (χ2v) is 12.2. The molecule has 4 atom stereocenters. The zero-order valence-corrected chi connectivity index (χ0v) is 23.4. The van der Waals surface area contributed by atoms with Gasteiger partial charge in [0.25, 0.3) is 5.91 Å². The first kappa shape index (κ1) is 25.7. The molecular weight excluding hydrogens is 514 g/mol. The minimum Gasteiger partial charge on any atom is -0.384 e. The molecule has 7 rings (SSSR count). The van der Waals surface area contributed by atoms with E-state index in [1.807, 2.05) is 48.5 Å². The van der Waals surface area contributed by atoms with E-state index in [4.69, 9.17) is 4.98 Å². The molecule has 208 valence electrons. The Kier molecular flexibility index (Phi) is 5.70. The summed E-state index contributed by atoms with van der Waals surface area (Å²) in [6.45, 7) is 5.68. The summed E-state index contributed by atoms with van der Waals surface area (Å²) in [6.07, 6.45) is 5.23. The summed E-state index contributed by atoms with van der Waals surface area (Å²) < 4.78 is 2.10. The molecule has 0 bridgehead atoms. The summed E-state index contributed by atoms with van der Waals surface area (Å²) in [6, 6.07) is 19.6. The van der Waals surface area contributed by atoms with Crippen LogP contribution in [0.3, 0.4) is 0 Å². The molecule has 2 aromatic carbocycles. The molecule has 1 spiro atoms. The van der Waals surface area contributed by atoms with Gasteiger partial charge >= 0.3 is 0 Å². The van der Waals surface area contributed by atoms with Crippen molar-refractivity contribution in [2.75, 3.05) is 5.32 Å². The van der Waals surface area contributed by atoms with E-state index in [2.05, 4.69) is 39.2 Å². The molecule has 4 aromatic rings. The summed E-state index contributed by atoms with van der Waals surface area (Å²) in [5.74, 6) is 1.29. The van der Waals surface area contributed by atoms with Crippen molar-refractivity contribution in [1.82, 2.24) is 19.9 Å². The number of nitrogens with one attached hydrogen (secondary N) is 2. The summed E-state index contributed by atoms with van der Waals surface area (Å²) in [5, 5.41) is 17.1. The highest BCUT2D eigenvalue weighted by Crippen LogP contribution is 2.47. The van der Waals surface area contributed by atoms with Gasteiger partial charge in [-0.05, 0) is 74.9 Å². The summed E-state index contributed by atoms with van der Waals surface area (Å²) in [5.41, 5.74) is 3.72. The van der Waals surface area contributed by atoms with Crippen molar-refractivity contribution < 1.29 is 14.7 Å². The minimum absolute atomic E-state index is 0.0360. The smallest absolute Gasteiger partial charge is 0.251 e. The quantitative estimate of drug-likeness (QED) is 0.343. The third-order valence-electron chi connectivity index (χ3n) is 9.22. The fourth-order valence-electron chi connectivity index (χ4n) is 7.14. The van der Waals surface area contributed by atoms with Crippen LogP contribution in [0.1, 0.15) is 89.3 Å². The van der Waals surface area contributed by atoms with Crippen LogP contribution < -0.4 is 10.6 Å². The summed E-state index contributed by atoms with van der Waals surface area (Å²) >= 11 is 0. The van der Waals surface area contributed by atoms with Crippen molar-refractivity contribution in [3.8, 4) is 0 Å². The van der Waals surface area contributed by atoms with Crippen LogP contribution >= 0.6 is 0 Å². The predicted octanol–water partition coefficient (Wildman–Crippen LogP) is 4.71. The Morgan fingerprint density at radius 1 is 1.07 bits per heavy atom. The van der Waals surface area contributed by atoms with E-state index in [1.165, 1.54) is 5.56 Å². The number of benzene rings is 2. The first-order valence-corrected chi connectivity index (χ1v) is 14.2. The Balaban J connectivity index is 1.19. The number of aliphatic hydroxyl groups is 1. The SMILES string of the molecule is C[C@@H]1[C@H](c2ccccc2)C[C@H](NC(=O)c2ccc3c(c2)CC2(C3)C(=O)Nc3ncccc32)c2ncc(C(C)(C)O)n21. The van der Waals surface area contributed by atoms with Crippen LogP contribution in [0.2, 0.25) is 0 Å². The molecule has 1 aliphatic carbocycles. The average Bonchev–Trinajstić information content (AvgIpc) is 3.65. The lowest BCUT2D eigenvalue weighted by Gasteiger charge is -2.38. The monoisotopic (exact) mass is 547 g/mol. The summed E-state index contributed by atoms with van der Waals surface area (Å²) in [4.78, 5) is 35.9. The van der Waals surface area contributed by atoms with E-state index >= 15 is 0 Å². The molecule has 0 saturated carbocycles. The molecule has 41 heavy (non-hydrogen) atoms. The van der Waals surface area contributed by atoms with E-state index in [9.17, 15) is 14.7 Å². The Morgan fingerprint density at radius 2 is 1.85 bits per heavy atom. The van der Waals surface area contributed by atoms with Crippen LogP contribution in [0, 0.1) is 0 Å². The first-order valence-electron chi connectivity index (χ1n) is 14.2. The lowest BCUT2D eigenvalue weighted by Crippen LogP contribution is -2.38. The highest BCUT2D eigenvalue weighted by Gasteiger charge is 2.51. The Labute approximate surface area is 238 Å². The molecule has 2 aromatic heterocycles. The van der Waals surface area contributed by atoms with Crippen molar-refractivity contribution in [2.45, 2.75) is 69.1 Å². The molecule has 0 saturated heterocycles. The lowest BCUT2D eigenvalue weighted by molar-refractivity contribution is -0.120. The van der Waals surface area contributed by atoms with Crippen LogP contribution in [-0.2, 0) is 28.7 Å². The zero-order valence-electron chi connectivity index (χ0n) is 23.4. The number of nitrogens with zero attached hydrogens (tertiary/aromatic N) is 3. The van der Waals surface area contributed by atoms with E-state index < -0.39 is 11.0 Å². The van der Waals surface area contributed by atoms with Gasteiger partial charge in [0.1, 0.15) is 17.2 Å². The fourth-order valence-corrected chi connectivity index (χ4v) is 7.14. The van der Waals surface area contributed by atoms with Crippen LogP contribution in [-0.4, -0.2) is 31.5 Å². The lowest BCUT2D eigenvalue weighted by atomic mass is 9.79. The Hall–Kier alpha value is -4.30. The first-order chi connectivity index (χ1) is 19.7. The van der Waals surface area contributed by atoms with Crippen molar-refractivity contribution >= 4 is 17.6 Å². The molecule has 1 unspecified atom stereocenters. The average molecular weight is 548 g/mol. The van der Waals surface area contributed by atoms with Gasteiger partial charge in [0.15, 0.2) is 0 Å². The second kappa shape index (κ2) is 9.11. The van der Waals surface area contributed by atoms with Crippen molar-refractivity contribution in [3.63, 3.8) is 0 Å². The number of hydrogen-bond donors (Lipinski definition) is 3. The van der Waals surface area contributed by atoms with Crippen LogP contribution in [0.4, 0.5) is 5.82 Å². The molecular formula is C33H33N5O3. The highest BCUT2D eigenvalue weighted by atomic mass is 16.3. The number of pyridine rings is 1. The molecule has 0 radical (unpaired) electrons. The van der Waals surface area contributed by atoms with Crippen LogP contribution in [0.25, 0.3) is 0 Å². The van der Waals surface area contributed by atoms with E-state index in [-0.39, 0.29) is 29.8 Å². The predicted molar refractivity (Wildman–Crippen MR) is 155 cm³/mol. The molecule has 2 amide bonds. The van der Waals surface area contributed by atoms with Crippen molar-refractivity contribution in [2.24, 2.45) is 0 Å². The van der Waals surface area contributed by atoms with Gasteiger partial charge in [0, 0.05) is 29.3 Å². The number of rotatable bonds is 4. The zero-order chi connectivity index (χ0) is 28.5. The van der Waals surface area contributed by atoms with E-state index in [1.54, 1.807) is 26.2 Å². The standard InChI is InChI=1S/C33H33N5O3/c1-19-24(20-8-5-4-6-9-20)15-26(29-35-18-27(38(19)29)32(2,3)41)36-30(39)21-11-12-22-16-33(17-23(22)14-21)25-10-7-13-34-28(25)37-31(33)40/h4-14,18-19,24,26,41H,15-17H2,1-3H3,(H,36,39)(H,34,37,40)/t19-,24-,26+,33?/m1/s1. The molecule has 4 heterocycles. The molecule has 8 heteroatoms. The third kappa shape index (κ3) is 4.00. The number of hydrogen-bond acceptors (Lipinski definition) is 5. The van der Waals surface area contributed by atoms with Gasteiger partial charge in [-0.1, -0.05) is 42.5 Å². The second-order valence-electron chi connectivity index (χ2n) is 12.2. The van der Waals surface area contributed by atoms with Gasteiger partial charge in [-0.25, -0.2) is 9.97 Å². The fraction of sp³-hybridized carbons (Fsp3) is 0.333. The number of aromatic nitrogens is 3. The number of carbonyl (C=O) groups excluding carboxylic acids is 2. The highest BCUT2D eigenvalue weighted by molar-refractivity contribution is 6.06. The number of amides is 2. The number of carbonyl (C=O) groups is 2. The van der Waals surface area contributed by atoms with Crippen molar-refractivity contribution in [1.29, 1.82) is 0 Å². The number of fused-ring (bicyclic) bond motifs is 4. The maximum atomic E-state index is 13.7. The summed E-state index contributed by atoms with van der Waals surface area (Å²) in [7, 11) is 0. The topological polar surface area (TPSA) is 109 Å². The molecule has 8 nitrogen and oxygen atoms in total. The Morgan fingerprint density at radius 3 is 2.63 bits per heavy atom. The number of anilines is 1. The Bertz CT molecular complexity index is 1690. The van der Waals surface area contributed by atoms with Crippen LogP contribution in [0.5, 0.6) is 0 Å². The number of imidazole rings is 1. The van der Waals surface area contributed by atoms with Gasteiger partial charge in [-0.3, -0.25) is 9.59 Å². The van der Waals surface area contributed by atoms with E-state index in [0.717, 1.165) is 28.2 Å². The molecule has 0 fully saturated rings. The maximum Gasteiger partial charge on any atom is 0.251 e. The van der Waals surface area contributed by atoms with Gasteiger partial charge < -0.3 is 20.3 Å². The maximum absolute atomic E-state index is 13.7. The van der Waals surface area contributed by atoms with Crippen molar-refractivity contribution in [3.05, 3.63) is 112 Å². The minimum atomic E-state index is -1.08. The van der Waals surface area contributed by atoms with E-state index in [0.29, 0.717) is 30.6 Å². The van der Waals surface area contributed by atoms with Gasteiger partial charge in [-0.2, -0.15) is 0 Å². The van der Waals surface area contributed by atoms with Gasteiger partial charge in [-0.15, -0.1) is 0 Å².